The smallest absolute Gasteiger partial charge is 0.400 e. The Morgan fingerprint density at radius 2 is 1.81 bits per heavy atom. The normalized spacial score (nSPS) is 21.9. The molecule has 1 atom stereocenters. The van der Waals surface area contributed by atoms with E-state index >= 15 is 0 Å². The highest BCUT2D eigenvalue weighted by Gasteiger charge is 2.49. The van der Waals surface area contributed by atoms with Crippen molar-refractivity contribution in [3.63, 3.8) is 0 Å². The molecule has 21 heavy (non-hydrogen) atoms. The Balaban J connectivity index is 2.18. The largest absolute Gasteiger partial charge is 0.487 e. The zero-order valence-corrected chi connectivity index (χ0v) is 13.4. The van der Waals surface area contributed by atoms with Crippen LogP contribution in [-0.4, -0.2) is 23.3 Å². The predicted molar refractivity (Wildman–Crippen MR) is 86.4 cm³/mol. The third-order valence-electron chi connectivity index (χ3n) is 4.20. The van der Waals surface area contributed by atoms with Gasteiger partial charge in [-0.3, -0.25) is 0 Å². The summed E-state index contributed by atoms with van der Waals surface area (Å²) in [5.41, 5.74) is 12.8. The van der Waals surface area contributed by atoms with Gasteiger partial charge in [-0.15, -0.1) is 0 Å². The Kier molecular flexibility index (Phi) is 4.15. The highest BCUT2D eigenvalue weighted by molar-refractivity contribution is 6.52. The van der Waals surface area contributed by atoms with Gasteiger partial charge in [-0.2, -0.15) is 0 Å². The minimum atomic E-state index is -0.395. The van der Waals surface area contributed by atoms with Crippen LogP contribution in [0.4, 0.5) is 5.82 Å². The maximum absolute atomic E-state index is 5.91. The minimum Gasteiger partial charge on any atom is -0.400 e. The molecule has 0 spiro atoms. The number of nitrogens with zero attached hydrogens (tertiary/aromatic N) is 1. The molecular weight excluding hydrogens is 265 g/mol. The SMILES string of the molecule is CC(N)c1cnc(N)c(/C=C/B2OC(C)(C)C(C)(C)O2)c1. The van der Waals surface area contributed by atoms with Gasteiger partial charge in [0, 0.05) is 17.8 Å². The van der Waals surface area contributed by atoms with Crippen LogP contribution in [0.15, 0.2) is 18.2 Å². The van der Waals surface area contributed by atoms with Crippen molar-refractivity contribution in [1.29, 1.82) is 0 Å². The molecule has 1 aromatic heterocycles. The number of aromatic nitrogens is 1. The number of nitrogens with two attached hydrogens (primary N) is 2. The quantitative estimate of drug-likeness (QED) is 0.834. The molecule has 0 saturated carbocycles. The van der Waals surface area contributed by atoms with Crippen molar-refractivity contribution in [3.05, 3.63) is 29.4 Å². The molecule has 1 aromatic rings. The third kappa shape index (κ3) is 3.28. The molecular formula is C15H24BN3O2. The van der Waals surface area contributed by atoms with Gasteiger partial charge in [0.1, 0.15) is 5.82 Å². The molecule has 0 aliphatic carbocycles. The Morgan fingerprint density at radius 3 is 2.33 bits per heavy atom. The van der Waals surface area contributed by atoms with Crippen LogP contribution >= 0.6 is 0 Å². The molecule has 4 N–H and O–H groups in total. The number of hydrogen-bond acceptors (Lipinski definition) is 5. The Morgan fingerprint density at radius 1 is 1.24 bits per heavy atom. The van der Waals surface area contributed by atoms with Crippen molar-refractivity contribution in [2.75, 3.05) is 5.73 Å². The van der Waals surface area contributed by atoms with Gasteiger partial charge in [-0.25, -0.2) is 4.98 Å². The fraction of sp³-hybridized carbons (Fsp3) is 0.533. The van der Waals surface area contributed by atoms with E-state index in [9.17, 15) is 0 Å². The first-order valence-corrected chi connectivity index (χ1v) is 7.17. The monoisotopic (exact) mass is 289 g/mol. The minimum absolute atomic E-state index is 0.0814. The summed E-state index contributed by atoms with van der Waals surface area (Å²) in [6, 6.07) is 1.86. The fourth-order valence-electron chi connectivity index (χ4n) is 2.04. The highest BCUT2D eigenvalue weighted by atomic mass is 16.7. The summed E-state index contributed by atoms with van der Waals surface area (Å²) in [6.07, 6.45) is 3.57. The summed E-state index contributed by atoms with van der Waals surface area (Å²) in [5.74, 6) is 2.32. The van der Waals surface area contributed by atoms with Gasteiger partial charge in [0.15, 0.2) is 0 Å². The summed E-state index contributed by atoms with van der Waals surface area (Å²) in [7, 11) is -0.395. The van der Waals surface area contributed by atoms with Crippen LogP contribution in [0.3, 0.4) is 0 Å². The Labute approximate surface area is 126 Å². The molecule has 1 unspecified atom stereocenters. The molecule has 5 nitrogen and oxygen atoms in total. The van der Waals surface area contributed by atoms with Crippen LogP contribution < -0.4 is 11.5 Å². The standard InChI is InChI=1S/C15H24BN3O2/c1-10(17)12-8-11(13(18)19-9-12)6-7-16-20-14(2,3)15(4,5)21-16/h6-10H,17H2,1-5H3,(H2,18,19)/b7-6+. The van der Waals surface area contributed by atoms with Gasteiger partial charge in [-0.1, -0.05) is 12.1 Å². The molecule has 114 valence electrons. The zero-order valence-electron chi connectivity index (χ0n) is 13.4. The molecule has 1 fully saturated rings. The number of hydrogen-bond donors (Lipinski definition) is 2. The van der Waals surface area contributed by atoms with E-state index in [4.69, 9.17) is 20.8 Å². The molecule has 6 heteroatoms. The molecule has 1 saturated heterocycles. The van der Waals surface area contributed by atoms with Gasteiger partial charge < -0.3 is 20.8 Å². The van der Waals surface area contributed by atoms with E-state index in [0.29, 0.717) is 5.82 Å². The van der Waals surface area contributed by atoms with Crippen molar-refractivity contribution in [2.24, 2.45) is 5.73 Å². The fourth-order valence-corrected chi connectivity index (χ4v) is 2.04. The van der Waals surface area contributed by atoms with Crippen molar-refractivity contribution in [2.45, 2.75) is 51.9 Å². The maximum atomic E-state index is 5.91. The van der Waals surface area contributed by atoms with Crippen molar-refractivity contribution >= 4 is 19.0 Å². The summed E-state index contributed by atoms with van der Waals surface area (Å²) in [6.45, 7) is 10.00. The first-order chi connectivity index (χ1) is 9.62. The molecule has 1 aliphatic rings. The van der Waals surface area contributed by atoms with Crippen LogP contribution in [0.25, 0.3) is 6.08 Å². The van der Waals surface area contributed by atoms with Gasteiger partial charge in [-0.05, 0) is 46.2 Å². The van der Waals surface area contributed by atoms with E-state index in [0.717, 1.165) is 11.1 Å². The van der Waals surface area contributed by atoms with E-state index in [1.54, 1.807) is 6.20 Å². The second-order valence-corrected chi connectivity index (χ2v) is 6.52. The van der Waals surface area contributed by atoms with Crippen LogP contribution in [0.1, 0.15) is 51.8 Å². The average molecular weight is 289 g/mol. The van der Waals surface area contributed by atoms with Crippen molar-refractivity contribution in [1.82, 2.24) is 4.98 Å². The first kappa shape index (κ1) is 16.0. The van der Waals surface area contributed by atoms with Crippen molar-refractivity contribution in [3.8, 4) is 0 Å². The maximum Gasteiger partial charge on any atom is 0.487 e. The van der Waals surface area contributed by atoms with Gasteiger partial charge in [0.05, 0.1) is 11.2 Å². The lowest BCUT2D eigenvalue weighted by molar-refractivity contribution is 0.00578. The van der Waals surface area contributed by atoms with E-state index in [2.05, 4.69) is 4.98 Å². The summed E-state index contributed by atoms with van der Waals surface area (Å²) < 4.78 is 11.8. The van der Waals surface area contributed by atoms with Crippen LogP contribution in [-0.2, 0) is 9.31 Å². The second kappa shape index (κ2) is 5.44. The second-order valence-electron chi connectivity index (χ2n) is 6.52. The summed E-state index contributed by atoms with van der Waals surface area (Å²) >= 11 is 0. The molecule has 2 rings (SSSR count). The lowest BCUT2D eigenvalue weighted by atomic mass is 9.89. The van der Waals surface area contributed by atoms with E-state index in [-0.39, 0.29) is 17.2 Å². The summed E-state index contributed by atoms with van der Waals surface area (Å²) in [5, 5.41) is 0. The first-order valence-electron chi connectivity index (χ1n) is 7.17. The van der Waals surface area contributed by atoms with E-state index in [1.165, 1.54) is 0 Å². The lowest BCUT2D eigenvalue weighted by Crippen LogP contribution is -2.41. The molecule has 2 heterocycles. The molecule has 1 aliphatic heterocycles. The lowest BCUT2D eigenvalue weighted by Gasteiger charge is -2.32. The Bertz CT molecular complexity index is 540. The topological polar surface area (TPSA) is 83.4 Å². The van der Waals surface area contributed by atoms with Gasteiger partial charge in [0.2, 0.25) is 0 Å². The highest BCUT2D eigenvalue weighted by Crippen LogP contribution is 2.37. The molecule has 0 radical (unpaired) electrons. The molecule has 0 amide bonds. The average Bonchev–Trinajstić information content (AvgIpc) is 2.56. The van der Waals surface area contributed by atoms with E-state index < -0.39 is 7.12 Å². The summed E-state index contributed by atoms with van der Waals surface area (Å²) in [4.78, 5) is 4.17. The zero-order chi connectivity index (χ0) is 15.8. The number of pyridine rings is 1. The van der Waals surface area contributed by atoms with Crippen LogP contribution in [0.5, 0.6) is 0 Å². The number of nitrogen functional groups attached to an aromatic ring is 1. The van der Waals surface area contributed by atoms with Gasteiger partial charge in [0.25, 0.3) is 0 Å². The molecule has 0 bridgehead atoms. The number of anilines is 1. The van der Waals surface area contributed by atoms with Gasteiger partial charge >= 0.3 is 7.12 Å². The van der Waals surface area contributed by atoms with Crippen molar-refractivity contribution < 1.29 is 9.31 Å². The van der Waals surface area contributed by atoms with Crippen LogP contribution in [0, 0.1) is 0 Å². The molecule has 0 aromatic carbocycles. The van der Waals surface area contributed by atoms with Crippen LogP contribution in [0.2, 0.25) is 0 Å². The predicted octanol–water partition coefficient (Wildman–Crippen LogP) is 2.33. The van der Waals surface area contributed by atoms with E-state index in [1.807, 2.05) is 52.7 Å². The Hall–Kier alpha value is -1.37. The third-order valence-corrected chi connectivity index (χ3v) is 4.20. The number of rotatable bonds is 3.